The molecule has 102 valence electrons. The number of rotatable bonds is 5. The Morgan fingerprint density at radius 1 is 1.12 bits per heavy atom. The van der Waals surface area contributed by atoms with Crippen molar-refractivity contribution < 1.29 is 44.8 Å². The number of ether oxygens (including phenoxy) is 1. The minimum Gasteiger partial charge on any atom is -0.303 e. The lowest BCUT2D eigenvalue weighted by Crippen LogP contribution is -2.46. The summed E-state index contributed by atoms with van der Waals surface area (Å²) in [5, 5.41) is 9.52. The van der Waals surface area contributed by atoms with Crippen LogP contribution in [-0.2, 0) is 4.74 Å². The van der Waals surface area contributed by atoms with Gasteiger partial charge < -0.3 is 4.74 Å². The maximum absolute atomic E-state index is 12.2. The van der Waals surface area contributed by atoms with Crippen molar-refractivity contribution in [3.8, 4) is 0 Å². The third-order valence-corrected chi connectivity index (χ3v) is 1.29. The molecule has 1 atom stereocenters. The van der Waals surface area contributed by atoms with E-state index in [1.54, 1.807) is 0 Å². The summed E-state index contributed by atoms with van der Waals surface area (Å²) >= 11 is 0. The molecule has 0 aliphatic rings. The zero-order valence-corrected chi connectivity index (χ0v) is 7.48. The SMILES string of the molecule is O=[N+]([O-])C(F)(F)COC(F)(F)C(F)C(F)(F)F. The molecule has 0 aromatic heterocycles. The van der Waals surface area contributed by atoms with Gasteiger partial charge in [-0.15, -0.1) is 8.78 Å². The molecule has 0 fully saturated rings. The summed E-state index contributed by atoms with van der Waals surface area (Å²) in [6.45, 7) is -2.69. The second-order valence-electron chi connectivity index (χ2n) is 2.68. The highest BCUT2D eigenvalue weighted by atomic mass is 19.4. The minimum absolute atomic E-state index is 2.36. The van der Waals surface area contributed by atoms with Crippen LogP contribution in [0.2, 0.25) is 0 Å². The summed E-state index contributed by atoms with van der Waals surface area (Å²) in [5.41, 5.74) is 0. The van der Waals surface area contributed by atoms with Crippen LogP contribution >= 0.6 is 0 Å². The maximum Gasteiger partial charge on any atom is 0.534 e. The topological polar surface area (TPSA) is 52.4 Å². The van der Waals surface area contributed by atoms with Crippen molar-refractivity contribution in [2.45, 2.75) is 24.5 Å². The van der Waals surface area contributed by atoms with Crippen LogP contribution in [0.15, 0.2) is 0 Å². The lowest BCUT2D eigenvalue weighted by Gasteiger charge is -2.22. The first kappa shape index (κ1) is 15.8. The lowest BCUT2D eigenvalue weighted by molar-refractivity contribution is -0.651. The summed E-state index contributed by atoms with van der Waals surface area (Å²) in [4.78, 5) is 7.16. The van der Waals surface area contributed by atoms with E-state index in [0.29, 0.717) is 0 Å². The highest BCUT2D eigenvalue weighted by molar-refractivity contribution is 4.75. The van der Waals surface area contributed by atoms with Crippen molar-refractivity contribution >= 4 is 0 Å². The van der Waals surface area contributed by atoms with E-state index in [1.165, 1.54) is 0 Å². The molecule has 0 saturated heterocycles. The van der Waals surface area contributed by atoms with E-state index in [1.807, 2.05) is 0 Å². The molecule has 1 unspecified atom stereocenters. The number of halogens is 8. The second-order valence-corrected chi connectivity index (χ2v) is 2.68. The summed E-state index contributed by atoms with van der Waals surface area (Å²) in [6.07, 6.45) is -16.6. The average molecular weight is 277 g/mol. The van der Waals surface area contributed by atoms with Crippen molar-refractivity contribution in [2.24, 2.45) is 0 Å². The van der Waals surface area contributed by atoms with Crippen molar-refractivity contribution in [3.63, 3.8) is 0 Å². The number of hydrogen-bond donors (Lipinski definition) is 0. The van der Waals surface area contributed by atoms with Crippen LogP contribution in [0, 0.1) is 10.1 Å². The molecular formula is C5H3F8NO3. The summed E-state index contributed by atoms with van der Waals surface area (Å²) in [5.74, 6) is 0. The van der Waals surface area contributed by atoms with Crippen LogP contribution < -0.4 is 0 Å². The Hall–Kier alpha value is -1.20. The van der Waals surface area contributed by atoms with Gasteiger partial charge in [0.1, 0.15) is 0 Å². The van der Waals surface area contributed by atoms with Crippen LogP contribution in [0.25, 0.3) is 0 Å². The molecule has 0 radical (unpaired) electrons. The predicted molar refractivity (Wildman–Crippen MR) is 33.8 cm³/mol. The van der Waals surface area contributed by atoms with Crippen molar-refractivity contribution in [1.29, 1.82) is 0 Å². The number of hydrogen-bond acceptors (Lipinski definition) is 3. The first-order chi connectivity index (χ1) is 7.31. The Labute approximate surface area is 87.3 Å². The fourth-order valence-corrected chi connectivity index (χ4v) is 0.499. The molecule has 12 heteroatoms. The molecule has 0 N–H and O–H groups in total. The van der Waals surface area contributed by atoms with Crippen molar-refractivity contribution in [3.05, 3.63) is 10.1 Å². The smallest absolute Gasteiger partial charge is 0.303 e. The standard InChI is InChI=1S/C5H3F8NO3/c6-2(4(9,10)11)5(12,13)17-1-3(7,8)14(15)16/h2H,1H2. The first-order valence-corrected chi connectivity index (χ1v) is 3.55. The lowest BCUT2D eigenvalue weighted by atomic mass is 10.3. The van der Waals surface area contributed by atoms with Gasteiger partial charge >= 0.3 is 18.3 Å². The van der Waals surface area contributed by atoms with Gasteiger partial charge in [0.05, 0.1) is 4.92 Å². The van der Waals surface area contributed by atoms with Crippen molar-refractivity contribution in [2.75, 3.05) is 6.61 Å². The Bertz CT molecular complexity index is 289. The van der Waals surface area contributed by atoms with Crippen LogP contribution in [-0.4, -0.2) is 36.0 Å². The van der Waals surface area contributed by atoms with E-state index in [-0.39, 0.29) is 0 Å². The largest absolute Gasteiger partial charge is 0.534 e. The van der Waals surface area contributed by atoms with Crippen LogP contribution in [0.1, 0.15) is 0 Å². The van der Waals surface area contributed by atoms with Gasteiger partial charge in [-0.25, -0.2) is 4.39 Å². The molecule has 0 aromatic carbocycles. The minimum atomic E-state index is -6.05. The molecule has 0 aromatic rings. The van der Waals surface area contributed by atoms with E-state index in [0.717, 1.165) is 0 Å². The third kappa shape index (κ3) is 4.28. The first-order valence-electron chi connectivity index (χ1n) is 3.55. The molecule has 0 amide bonds. The number of alkyl halides is 8. The molecule has 0 heterocycles. The zero-order chi connectivity index (χ0) is 14.1. The molecule has 17 heavy (non-hydrogen) atoms. The fraction of sp³-hybridized carbons (Fsp3) is 1.00. The predicted octanol–water partition coefficient (Wildman–Crippen LogP) is 2.37. The van der Waals surface area contributed by atoms with Gasteiger partial charge in [0.15, 0.2) is 6.61 Å². The molecule has 0 aliphatic carbocycles. The fourth-order valence-electron chi connectivity index (χ4n) is 0.499. The monoisotopic (exact) mass is 277 g/mol. The number of nitrogens with zero attached hydrogens (tertiary/aromatic N) is 1. The molecule has 4 nitrogen and oxygen atoms in total. The van der Waals surface area contributed by atoms with Gasteiger partial charge in [0.25, 0.3) is 6.17 Å². The molecule has 0 bridgehead atoms. The summed E-state index contributed by atoms with van der Waals surface area (Å²) in [7, 11) is 0. The number of nitro groups is 1. The summed E-state index contributed by atoms with van der Waals surface area (Å²) < 4.78 is 97.7. The third-order valence-electron chi connectivity index (χ3n) is 1.29. The second kappa shape index (κ2) is 4.58. The van der Waals surface area contributed by atoms with E-state index in [4.69, 9.17) is 0 Å². The Morgan fingerprint density at radius 2 is 1.53 bits per heavy atom. The molecule has 0 rings (SSSR count). The molecule has 0 aliphatic heterocycles. The Balaban J connectivity index is 4.63. The van der Waals surface area contributed by atoms with Gasteiger partial charge in [-0.05, 0) is 0 Å². The summed E-state index contributed by atoms with van der Waals surface area (Å²) in [6, 6.07) is -5.05. The highest BCUT2D eigenvalue weighted by Crippen LogP contribution is 2.36. The van der Waals surface area contributed by atoms with E-state index >= 15 is 0 Å². The van der Waals surface area contributed by atoms with Gasteiger partial charge in [0.2, 0.25) is 0 Å². The molecule has 0 saturated carbocycles. The van der Waals surface area contributed by atoms with Gasteiger partial charge in [-0.2, -0.15) is 22.0 Å². The van der Waals surface area contributed by atoms with Crippen LogP contribution in [0.5, 0.6) is 0 Å². The molecule has 0 spiro atoms. The van der Waals surface area contributed by atoms with Crippen LogP contribution in [0.3, 0.4) is 0 Å². The van der Waals surface area contributed by atoms with Crippen LogP contribution in [0.4, 0.5) is 35.1 Å². The van der Waals surface area contributed by atoms with E-state index in [9.17, 15) is 45.2 Å². The molecular weight excluding hydrogens is 274 g/mol. The average Bonchev–Trinajstić information content (AvgIpc) is 2.12. The Kier molecular flexibility index (Phi) is 4.26. The zero-order valence-electron chi connectivity index (χ0n) is 7.48. The quantitative estimate of drug-likeness (QED) is 0.335. The van der Waals surface area contributed by atoms with Gasteiger partial charge in [-0.1, -0.05) is 0 Å². The highest BCUT2D eigenvalue weighted by Gasteiger charge is 2.60. The normalized spacial score (nSPS) is 15.8. The van der Waals surface area contributed by atoms with E-state index in [2.05, 4.69) is 4.74 Å². The van der Waals surface area contributed by atoms with E-state index < -0.39 is 36.0 Å². The maximum atomic E-state index is 12.2. The van der Waals surface area contributed by atoms with Gasteiger partial charge in [-0.3, -0.25) is 10.1 Å². The van der Waals surface area contributed by atoms with Crippen molar-refractivity contribution in [1.82, 2.24) is 0 Å². The Morgan fingerprint density at radius 3 is 1.82 bits per heavy atom. The van der Waals surface area contributed by atoms with Gasteiger partial charge in [0, 0.05) is 0 Å².